The summed E-state index contributed by atoms with van der Waals surface area (Å²) in [5, 5.41) is 2.91. The SMILES string of the molecule is CNCC(=O)N(C)C1CCCCCC1. The molecule has 0 unspecified atom stereocenters. The lowest BCUT2D eigenvalue weighted by molar-refractivity contribution is -0.131. The van der Waals surface area contributed by atoms with Crippen molar-refractivity contribution in [1.29, 1.82) is 0 Å². The quantitative estimate of drug-likeness (QED) is 0.695. The molecule has 1 fully saturated rings. The first kappa shape index (κ1) is 11.5. The minimum absolute atomic E-state index is 0.222. The van der Waals surface area contributed by atoms with E-state index in [1.54, 1.807) is 0 Å². The first-order chi connectivity index (χ1) is 6.75. The maximum atomic E-state index is 11.6. The van der Waals surface area contributed by atoms with E-state index in [1.807, 2.05) is 19.0 Å². The second-order valence-corrected chi connectivity index (χ2v) is 4.18. The molecular formula is C11H22N2O. The highest BCUT2D eigenvalue weighted by atomic mass is 16.2. The molecule has 3 nitrogen and oxygen atoms in total. The van der Waals surface area contributed by atoms with Crippen molar-refractivity contribution < 1.29 is 4.79 Å². The molecule has 14 heavy (non-hydrogen) atoms. The average Bonchev–Trinajstić information content (AvgIpc) is 2.45. The van der Waals surface area contributed by atoms with Crippen LogP contribution < -0.4 is 5.32 Å². The summed E-state index contributed by atoms with van der Waals surface area (Å²) in [5.74, 6) is 0.222. The lowest BCUT2D eigenvalue weighted by atomic mass is 10.1. The Labute approximate surface area is 86.9 Å². The lowest BCUT2D eigenvalue weighted by Gasteiger charge is -2.27. The molecule has 1 aliphatic carbocycles. The minimum atomic E-state index is 0.222. The van der Waals surface area contributed by atoms with Gasteiger partial charge in [-0.25, -0.2) is 0 Å². The van der Waals surface area contributed by atoms with Crippen LogP contribution in [0.1, 0.15) is 38.5 Å². The van der Waals surface area contributed by atoms with Crippen LogP contribution >= 0.6 is 0 Å². The number of nitrogens with zero attached hydrogens (tertiary/aromatic N) is 1. The molecular weight excluding hydrogens is 176 g/mol. The second-order valence-electron chi connectivity index (χ2n) is 4.18. The third kappa shape index (κ3) is 3.29. The Morgan fingerprint density at radius 1 is 1.29 bits per heavy atom. The van der Waals surface area contributed by atoms with E-state index < -0.39 is 0 Å². The van der Waals surface area contributed by atoms with Crippen molar-refractivity contribution in [2.45, 2.75) is 44.6 Å². The van der Waals surface area contributed by atoms with Gasteiger partial charge in [-0.1, -0.05) is 25.7 Å². The van der Waals surface area contributed by atoms with E-state index in [1.165, 1.54) is 38.5 Å². The van der Waals surface area contributed by atoms with Gasteiger partial charge in [0, 0.05) is 13.1 Å². The zero-order valence-electron chi connectivity index (χ0n) is 9.38. The third-order valence-electron chi connectivity index (χ3n) is 3.09. The molecule has 1 rings (SSSR count). The van der Waals surface area contributed by atoms with Crippen LogP contribution in [0.3, 0.4) is 0 Å². The van der Waals surface area contributed by atoms with Gasteiger partial charge in [-0.2, -0.15) is 0 Å². The molecule has 0 bridgehead atoms. The van der Waals surface area contributed by atoms with Crippen LogP contribution in [0, 0.1) is 0 Å². The summed E-state index contributed by atoms with van der Waals surface area (Å²) in [6.45, 7) is 0.465. The van der Waals surface area contributed by atoms with E-state index in [0.717, 1.165) is 0 Å². The molecule has 3 heteroatoms. The highest BCUT2D eigenvalue weighted by molar-refractivity contribution is 5.78. The van der Waals surface area contributed by atoms with Gasteiger partial charge in [0.25, 0.3) is 0 Å². The fourth-order valence-corrected chi connectivity index (χ4v) is 2.12. The molecule has 1 N–H and O–H groups in total. The molecule has 1 saturated carbocycles. The van der Waals surface area contributed by atoms with Gasteiger partial charge < -0.3 is 10.2 Å². The van der Waals surface area contributed by atoms with Crippen molar-refractivity contribution in [1.82, 2.24) is 10.2 Å². The largest absolute Gasteiger partial charge is 0.342 e. The molecule has 0 aromatic rings. The van der Waals surface area contributed by atoms with E-state index in [9.17, 15) is 4.79 Å². The van der Waals surface area contributed by atoms with Crippen molar-refractivity contribution in [3.05, 3.63) is 0 Å². The number of hydrogen-bond acceptors (Lipinski definition) is 2. The van der Waals surface area contributed by atoms with E-state index >= 15 is 0 Å². The summed E-state index contributed by atoms with van der Waals surface area (Å²) in [4.78, 5) is 13.6. The first-order valence-electron chi connectivity index (χ1n) is 5.66. The second kappa shape index (κ2) is 6.02. The number of amides is 1. The Morgan fingerprint density at radius 3 is 2.36 bits per heavy atom. The molecule has 0 aromatic carbocycles. The smallest absolute Gasteiger partial charge is 0.236 e. The van der Waals surface area contributed by atoms with Crippen molar-refractivity contribution in [2.24, 2.45) is 0 Å². The van der Waals surface area contributed by atoms with Crippen molar-refractivity contribution in [3.8, 4) is 0 Å². The molecule has 0 saturated heterocycles. The topological polar surface area (TPSA) is 32.3 Å². The zero-order chi connectivity index (χ0) is 10.4. The molecule has 0 aliphatic heterocycles. The van der Waals surface area contributed by atoms with Crippen molar-refractivity contribution >= 4 is 5.91 Å². The lowest BCUT2D eigenvalue weighted by Crippen LogP contribution is -2.41. The molecule has 0 spiro atoms. The van der Waals surface area contributed by atoms with Gasteiger partial charge >= 0.3 is 0 Å². The van der Waals surface area contributed by atoms with Gasteiger partial charge in [-0.3, -0.25) is 4.79 Å². The highest BCUT2D eigenvalue weighted by Crippen LogP contribution is 2.20. The fourth-order valence-electron chi connectivity index (χ4n) is 2.12. The van der Waals surface area contributed by atoms with Gasteiger partial charge in [0.15, 0.2) is 0 Å². The maximum Gasteiger partial charge on any atom is 0.236 e. The maximum absolute atomic E-state index is 11.6. The Bertz CT molecular complexity index is 174. The van der Waals surface area contributed by atoms with Crippen LogP contribution in [-0.2, 0) is 4.79 Å². The van der Waals surface area contributed by atoms with Gasteiger partial charge in [0.05, 0.1) is 6.54 Å². The Morgan fingerprint density at radius 2 is 1.86 bits per heavy atom. The molecule has 0 heterocycles. The van der Waals surface area contributed by atoms with E-state index in [2.05, 4.69) is 5.32 Å². The summed E-state index contributed by atoms with van der Waals surface area (Å²) < 4.78 is 0. The van der Waals surface area contributed by atoms with Gasteiger partial charge in [0.1, 0.15) is 0 Å². The molecule has 82 valence electrons. The number of rotatable bonds is 3. The summed E-state index contributed by atoms with van der Waals surface area (Å²) in [5.41, 5.74) is 0. The van der Waals surface area contributed by atoms with Gasteiger partial charge in [0.2, 0.25) is 5.91 Å². The predicted molar refractivity (Wildman–Crippen MR) is 58.2 cm³/mol. The summed E-state index contributed by atoms with van der Waals surface area (Å²) in [6, 6.07) is 0.485. The number of nitrogens with one attached hydrogen (secondary N) is 1. The van der Waals surface area contributed by atoms with E-state index in [0.29, 0.717) is 12.6 Å². The number of hydrogen-bond donors (Lipinski definition) is 1. The molecule has 0 atom stereocenters. The first-order valence-corrected chi connectivity index (χ1v) is 5.66. The van der Waals surface area contributed by atoms with Crippen LogP contribution in [0.15, 0.2) is 0 Å². The van der Waals surface area contributed by atoms with Crippen molar-refractivity contribution in [3.63, 3.8) is 0 Å². The van der Waals surface area contributed by atoms with Gasteiger partial charge in [-0.15, -0.1) is 0 Å². The Hall–Kier alpha value is -0.570. The number of likely N-dealkylation sites (N-methyl/N-ethyl adjacent to an activating group) is 2. The van der Waals surface area contributed by atoms with Crippen LogP contribution in [-0.4, -0.2) is 37.5 Å². The third-order valence-corrected chi connectivity index (χ3v) is 3.09. The molecule has 1 aliphatic rings. The molecule has 0 aromatic heterocycles. The predicted octanol–water partition coefficient (Wildman–Crippen LogP) is 1.39. The van der Waals surface area contributed by atoms with E-state index in [4.69, 9.17) is 0 Å². The summed E-state index contributed by atoms with van der Waals surface area (Å²) in [7, 11) is 3.76. The van der Waals surface area contributed by atoms with E-state index in [-0.39, 0.29) is 5.91 Å². The Balaban J connectivity index is 2.40. The average molecular weight is 198 g/mol. The van der Waals surface area contributed by atoms with Gasteiger partial charge in [-0.05, 0) is 19.9 Å². The highest BCUT2D eigenvalue weighted by Gasteiger charge is 2.20. The number of carbonyl (C=O) groups excluding carboxylic acids is 1. The number of carbonyl (C=O) groups is 1. The normalized spacial score (nSPS) is 19.0. The van der Waals surface area contributed by atoms with Crippen LogP contribution in [0.4, 0.5) is 0 Å². The fraction of sp³-hybridized carbons (Fsp3) is 0.909. The molecule has 1 amide bonds. The summed E-state index contributed by atoms with van der Waals surface area (Å²) >= 11 is 0. The monoisotopic (exact) mass is 198 g/mol. The van der Waals surface area contributed by atoms with Crippen LogP contribution in [0.25, 0.3) is 0 Å². The Kier molecular flexibility index (Phi) is 4.94. The summed E-state index contributed by atoms with van der Waals surface area (Å²) in [6.07, 6.45) is 7.61. The molecule has 0 radical (unpaired) electrons. The minimum Gasteiger partial charge on any atom is -0.342 e. The standard InChI is InChI=1S/C11H22N2O/c1-12-9-11(14)13(2)10-7-5-3-4-6-8-10/h10,12H,3-9H2,1-2H3. The zero-order valence-corrected chi connectivity index (χ0v) is 9.38. The van der Waals surface area contributed by atoms with Crippen molar-refractivity contribution in [2.75, 3.05) is 20.6 Å². The van der Waals surface area contributed by atoms with Crippen LogP contribution in [0.5, 0.6) is 0 Å². The van der Waals surface area contributed by atoms with Crippen LogP contribution in [0.2, 0.25) is 0 Å².